The molecule has 2 rings (SSSR count). The Bertz CT molecular complexity index is 444. The number of hydrogen-bond donors (Lipinski definition) is 5. The highest BCUT2D eigenvalue weighted by atomic mass is 15.0. The summed E-state index contributed by atoms with van der Waals surface area (Å²) in [5, 5.41) is 14.5. The van der Waals surface area contributed by atoms with E-state index in [0.29, 0.717) is 24.5 Å². The van der Waals surface area contributed by atoms with E-state index < -0.39 is 0 Å². The number of rotatable bonds is 3. The molecule has 0 aliphatic carbocycles. The number of nitrogens with one attached hydrogen (secondary N) is 4. The van der Waals surface area contributed by atoms with E-state index in [9.17, 15) is 0 Å². The number of hydrogen-bond acceptors (Lipinski definition) is 5. The lowest BCUT2D eigenvalue weighted by Gasteiger charge is -2.32. The van der Waals surface area contributed by atoms with Gasteiger partial charge in [0.25, 0.3) is 0 Å². The van der Waals surface area contributed by atoms with E-state index in [4.69, 9.17) is 5.73 Å². The van der Waals surface area contributed by atoms with Crippen molar-refractivity contribution in [3.05, 3.63) is 35.4 Å². The van der Waals surface area contributed by atoms with Gasteiger partial charge in [-0.1, -0.05) is 24.3 Å². The lowest BCUT2D eigenvalue weighted by Crippen LogP contribution is -2.48. The first-order valence-electron chi connectivity index (χ1n) is 9.87. The van der Waals surface area contributed by atoms with Crippen LogP contribution >= 0.6 is 0 Å². The highest BCUT2D eigenvalue weighted by Crippen LogP contribution is 2.17. The molecular weight excluding hydrogens is 310 g/mol. The van der Waals surface area contributed by atoms with Gasteiger partial charge in [-0.3, -0.25) is 0 Å². The van der Waals surface area contributed by atoms with E-state index in [-0.39, 0.29) is 0 Å². The first-order valence-corrected chi connectivity index (χ1v) is 9.87. The third kappa shape index (κ3) is 7.42. The minimum absolute atomic E-state index is 0.467. The van der Waals surface area contributed by atoms with Gasteiger partial charge in [0.1, 0.15) is 0 Å². The van der Waals surface area contributed by atoms with Crippen LogP contribution in [0.4, 0.5) is 0 Å². The molecule has 0 bridgehead atoms. The first kappa shape index (κ1) is 20.3. The molecule has 6 N–H and O–H groups in total. The third-order valence-electron chi connectivity index (χ3n) is 5.26. The normalized spacial score (nSPS) is 27.6. The summed E-state index contributed by atoms with van der Waals surface area (Å²) in [6.45, 7) is 11.5. The van der Waals surface area contributed by atoms with Crippen molar-refractivity contribution in [3.63, 3.8) is 0 Å². The van der Waals surface area contributed by atoms with Crippen LogP contribution in [0.15, 0.2) is 24.3 Å². The van der Waals surface area contributed by atoms with E-state index >= 15 is 0 Å². The zero-order valence-electron chi connectivity index (χ0n) is 16.0. The molecule has 0 amide bonds. The van der Waals surface area contributed by atoms with E-state index in [1.165, 1.54) is 17.5 Å². The van der Waals surface area contributed by atoms with Crippen LogP contribution < -0.4 is 27.0 Å². The van der Waals surface area contributed by atoms with Crippen molar-refractivity contribution in [2.45, 2.75) is 45.3 Å². The smallest absolute Gasteiger partial charge is 0.0178 e. The molecule has 1 aliphatic heterocycles. The Morgan fingerprint density at radius 1 is 0.800 bits per heavy atom. The van der Waals surface area contributed by atoms with Crippen LogP contribution in [0.5, 0.6) is 0 Å². The van der Waals surface area contributed by atoms with Gasteiger partial charge in [0, 0.05) is 44.8 Å². The van der Waals surface area contributed by atoms with E-state index in [0.717, 1.165) is 45.7 Å². The lowest BCUT2D eigenvalue weighted by atomic mass is 9.87. The van der Waals surface area contributed by atoms with Gasteiger partial charge < -0.3 is 27.0 Å². The summed E-state index contributed by atoms with van der Waals surface area (Å²) in [6, 6.07) is 9.71. The molecule has 0 radical (unpaired) electrons. The number of benzene rings is 1. The Labute approximate surface area is 153 Å². The Morgan fingerprint density at radius 3 is 1.84 bits per heavy atom. The van der Waals surface area contributed by atoms with Gasteiger partial charge in [-0.05, 0) is 56.8 Å². The average Bonchev–Trinajstić information content (AvgIpc) is 2.63. The van der Waals surface area contributed by atoms with Crippen LogP contribution in [0.25, 0.3) is 0 Å². The molecule has 1 aliphatic rings. The SMILES string of the molecule is CC1NCCNCCCNCCNC(C)C1Cc1ccc(CN)cc1. The number of nitrogens with two attached hydrogens (primary N) is 1. The van der Waals surface area contributed by atoms with Crippen LogP contribution in [-0.2, 0) is 13.0 Å². The van der Waals surface area contributed by atoms with E-state index in [2.05, 4.69) is 59.4 Å². The van der Waals surface area contributed by atoms with Gasteiger partial charge in [-0.2, -0.15) is 0 Å². The Balaban J connectivity index is 1.99. The summed E-state index contributed by atoms with van der Waals surface area (Å²) in [5.41, 5.74) is 8.31. The largest absolute Gasteiger partial charge is 0.326 e. The fourth-order valence-corrected chi connectivity index (χ4v) is 3.54. The zero-order valence-corrected chi connectivity index (χ0v) is 16.0. The van der Waals surface area contributed by atoms with Gasteiger partial charge >= 0.3 is 0 Å². The van der Waals surface area contributed by atoms with Crippen LogP contribution in [0, 0.1) is 5.92 Å². The Kier molecular flexibility index (Phi) is 9.43. The second-order valence-corrected chi connectivity index (χ2v) is 7.23. The zero-order chi connectivity index (χ0) is 17.9. The predicted molar refractivity (Wildman–Crippen MR) is 107 cm³/mol. The summed E-state index contributed by atoms with van der Waals surface area (Å²) >= 11 is 0. The van der Waals surface area contributed by atoms with Crippen LogP contribution in [-0.4, -0.2) is 51.4 Å². The molecular formula is C20H37N5. The standard InChI is InChI=1S/C20H37N5/c1-16-20(14-18-4-6-19(15-21)7-5-18)17(2)25-13-11-23-9-3-8-22-10-12-24-16/h4-7,16-17,20,22-25H,3,8-15,21H2,1-2H3. The highest BCUT2D eigenvalue weighted by Gasteiger charge is 2.23. The molecule has 1 aromatic rings. The van der Waals surface area contributed by atoms with Crippen molar-refractivity contribution in [1.82, 2.24) is 21.3 Å². The monoisotopic (exact) mass is 347 g/mol. The maximum atomic E-state index is 5.72. The van der Waals surface area contributed by atoms with E-state index in [1.807, 2.05) is 0 Å². The second-order valence-electron chi connectivity index (χ2n) is 7.23. The molecule has 5 nitrogen and oxygen atoms in total. The molecule has 5 heteroatoms. The van der Waals surface area contributed by atoms with Crippen LogP contribution in [0.1, 0.15) is 31.4 Å². The molecule has 1 heterocycles. The minimum atomic E-state index is 0.467. The summed E-state index contributed by atoms with van der Waals surface area (Å²) in [6.07, 6.45) is 2.26. The maximum Gasteiger partial charge on any atom is 0.0178 e. The molecule has 0 aromatic heterocycles. The van der Waals surface area contributed by atoms with Crippen molar-refractivity contribution in [2.75, 3.05) is 39.3 Å². The Hall–Kier alpha value is -0.980. The predicted octanol–water partition coefficient (Wildman–Crippen LogP) is 0.843. The first-order chi connectivity index (χ1) is 12.2. The molecule has 0 saturated carbocycles. The van der Waals surface area contributed by atoms with Gasteiger partial charge in [0.15, 0.2) is 0 Å². The van der Waals surface area contributed by atoms with Gasteiger partial charge in [0.2, 0.25) is 0 Å². The lowest BCUT2D eigenvalue weighted by molar-refractivity contribution is 0.289. The summed E-state index contributed by atoms with van der Waals surface area (Å²) in [4.78, 5) is 0. The van der Waals surface area contributed by atoms with Crippen LogP contribution in [0.3, 0.4) is 0 Å². The maximum absolute atomic E-state index is 5.72. The average molecular weight is 348 g/mol. The molecule has 142 valence electrons. The minimum Gasteiger partial charge on any atom is -0.326 e. The second kappa shape index (κ2) is 11.6. The molecule has 2 unspecified atom stereocenters. The summed E-state index contributed by atoms with van der Waals surface area (Å²) in [5.74, 6) is 0.548. The fourth-order valence-electron chi connectivity index (χ4n) is 3.54. The molecule has 0 spiro atoms. The van der Waals surface area contributed by atoms with Gasteiger partial charge in [-0.15, -0.1) is 0 Å². The van der Waals surface area contributed by atoms with E-state index in [1.54, 1.807) is 0 Å². The van der Waals surface area contributed by atoms with Crippen molar-refractivity contribution in [1.29, 1.82) is 0 Å². The van der Waals surface area contributed by atoms with Crippen molar-refractivity contribution < 1.29 is 0 Å². The summed E-state index contributed by atoms with van der Waals surface area (Å²) < 4.78 is 0. The van der Waals surface area contributed by atoms with Crippen LogP contribution in [0.2, 0.25) is 0 Å². The van der Waals surface area contributed by atoms with Crippen molar-refractivity contribution in [2.24, 2.45) is 11.7 Å². The highest BCUT2D eigenvalue weighted by molar-refractivity contribution is 5.23. The Morgan fingerprint density at radius 2 is 1.32 bits per heavy atom. The quantitative estimate of drug-likeness (QED) is 0.560. The topological polar surface area (TPSA) is 74.1 Å². The fraction of sp³-hybridized carbons (Fsp3) is 0.700. The molecule has 2 atom stereocenters. The molecule has 25 heavy (non-hydrogen) atoms. The summed E-state index contributed by atoms with van der Waals surface area (Å²) in [7, 11) is 0. The molecule has 1 fully saturated rings. The van der Waals surface area contributed by atoms with Gasteiger partial charge in [0.05, 0.1) is 0 Å². The van der Waals surface area contributed by atoms with Crippen molar-refractivity contribution in [3.8, 4) is 0 Å². The van der Waals surface area contributed by atoms with Gasteiger partial charge in [-0.25, -0.2) is 0 Å². The molecule has 1 aromatic carbocycles. The third-order valence-corrected chi connectivity index (χ3v) is 5.26. The molecule has 1 saturated heterocycles. The van der Waals surface area contributed by atoms with Crippen molar-refractivity contribution >= 4 is 0 Å².